The summed E-state index contributed by atoms with van der Waals surface area (Å²) in [5, 5.41) is 3.39. The van der Waals surface area contributed by atoms with Crippen molar-refractivity contribution in [3.8, 4) is 0 Å². The Morgan fingerprint density at radius 3 is 2.95 bits per heavy atom. The van der Waals surface area contributed by atoms with Crippen LogP contribution in [-0.2, 0) is 9.59 Å². The molecule has 1 fully saturated rings. The average Bonchev–Trinajstić information content (AvgIpc) is 3.07. The predicted molar refractivity (Wildman–Crippen MR) is 87.5 cm³/mol. The summed E-state index contributed by atoms with van der Waals surface area (Å²) in [4.78, 5) is 31.5. The Hall–Kier alpha value is -1.34. The molecule has 0 unspecified atom stereocenters. The zero-order valence-electron chi connectivity index (χ0n) is 12.4. The molecular weight excluding hydrogens is 306 g/mol. The molecule has 2 heterocycles. The number of nitrogens with zero attached hydrogens (tertiary/aromatic N) is 2. The van der Waals surface area contributed by atoms with Crippen LogP contribution >= 0.6 is 23.1 Å². The molecule has 0 saturated carbocycles. The maximum Gasteiger partial charge on any atom is 0.250 e. The van der Waals surface area contributed by atoms with E-state index in [0.717, 1.165) is 11.3 Å². The van der Waals surface area contributed by atoms with E-state index in [9.17, 15) is 9.59 Å². The quantitative estimate of drug-likeness (QED) is 0.865. The minimum atomic E-state index is -0.424. The third-order valence-electron chi connectivity index (χ3n) is 3.14. The summed E-state index contributed by atoms with van der Waals surface area (Å²) in [6.07, 6.45) is 4.43. The summed E-state index contributed by atoms with van der Waals surface area (Å²) >= 11 is 3.03. The van der Waals surface area contributed by atoms with E-state index in [-0.39, 0.29) is 11.8 Å². The maximum absolute atomic E-state index is 12.4. The Morgan fingerprint density at radius 1 is 1.57 bits per heavy atom. The van der Waals surface area contributed by atoms with E-state index in [0.29, 0.717) is 22.3 Å². The molecule has 7 heteroatoms. The molecule has 2 rings (SSSR count). The van der Waals surface area contributed by atoms with Crippen molar-refractivity contribution in [2.75, 3.05) is 16.9 Å². The highest BCUT2D eigenvalue weighted by Crippen LogP contribution is 2.25. The number of amides is 2. The summed E-state index contributed by atoms with van der Waals surface area (Å²) in [6, 6.07) is -0.424. The van der Waals surface area contributed by atoms with E-state index in [4.69, 9.17) is 0 Å². The van der Waals surface area contributed by atoms with Crippen LogP contribution in [0.4, 0.5) is 5.13 Å². The number of allylic oxidation sites excluding steroid dienone is 1. The van der Waals surface area contributed by atoms with E-state index >= 15 is 0 Å². The first-order chi connectivity index (χ1) is 10.0. The van der Waals surface area contributed by atoms with Gasteiger partial charge in [0, 0.05) is 22.4 Å². The number of rotatable bonds is 4. The predicted octanol–water partition coefficient (Wildman–Crippen LogP) is 2.65. The number of thiazole rings is 1. The van der Waals surface area contributed by atoms with Crippen LogP contribution in [0.5, 0.6) is 0 Å². The van der Waals surface area contributed by atoms with E-state index in [1.807, 2.05) is 19.9 Å². The fraction of sp³-hybridized carbons (Fsp3) is 0.500. The molecule has 1 aromatic heterocycles. The molecule has 0 bridgehead atoms. The van der Waals surface area contributed by atoms with Crippen molar-refractivity contribution in [1.82, 2.24) is 9.88 Å². The third kappa shape index (κ3) is 3.85. The Morgan fingerprint density at radius 2 is 2.33 bits per heavy atom. The average molecular weight is 325 g/mol. The van der Waals surface area contributed by atoms with Crippen LogP contribution < -0.4 is 5.32 Å². The minimum Gasteiger partial charge on any atom is -0.317 e. The van der Waals surface area contributed by atoms with Crippen LogP contribution in [0.2, 0.25) is 0 Å². The lowest BCUT2D eigenvalue weighted by Gasteiger charge is -2.23. The van der Waals surface area contributed by atoms with Crippen LogP contribution in [0.3, 0.4) is 0 Å². The van der Waals surface area contributed by atoms with Crippen molar-refractivity contribution in [1.29, 1.82) is 0 Å². The number of hydrogen-bond donors (Lipinski definition) is 1. The highest BCUT2D eigenvalue weighted by Gasteiger charge is 2.35. The first-order valence-electron chi connectivity index (χ1n) is 6.81. The molecule has 1 aliphatic rings. The largest absolute Gasteiger partial charge is 0.317 e. The van der Waals surface area contributed by atoms with Crippen LogP contribution in [0.25, 0.3) is 0 Å². The molecule has 0 aromatic carbocycles. The van der Waals surface area contributed by atoms with E-state index in [2.05, 4.69) is 10.3 Å². The molecular formula is C14H19N3O2S2. The van der Waals surface area contributed by atoms with Gasteiger partial charge in [0.15, 0.2) is 5.13 Å². The first kappa shape index (κ1) is 16.0. The number of nitrogens with one attached hydrogen (secondary N) is 1. The number of anilines is 1. The molecule has 5 nitrogen and oxygen atoms in total. The van der Waals surface area contributed by atoms with Gasteiger partial charge in [0.2, 0.25) is 5.91 Å². The number of thioether (sulfide) groups is 1. The smallest absolute Gasteiger partial charge is 0.250 e. The van der Waals surface area contributed by atoms with Gasteiger partial charge in [-0.25, -0.2) is 4.98 Å². The van der Waals surface area contributed by atoms with Crippen molar-refractivity contribution in [2.45, 2.75) is 33.2 Å². The molecule has 0 radical (unpaired) electrons. The standard InChI is InChI=1S/C14H19N3O2S2/c1-4-5-9(2)13(19)17-8-20-7-11(17)12(18)16-14-15-6-10(3)21-14/h5-6,11H,4,7-8H2,1-3H3,(H,15,16,18)/b9-5+/t11-/m1/s1. The molecule has 21 heavy (non-hydrogen) atoms. The monoisotopic (exact) mass is 325 g/mol. The summed E-state index contributed by atoms with van der Waals surface area (Å²) in [5.41, 5.74) is 0.697. The highest BCUT2D eigenvalue weighted by molar-refractivity contribution is 7.99. The third-order valence-corrected chi connectivity index (χ3v) is 4.99. The number of aryl methyl sites for hydroxylation is 1. The fourth-order valence-electron chi connectivity index (χ4n) is 2.08. The molecule has 1 saturated heterocycles. The van der Waals surface area contributed by atoms with Gasteiger partial charge in [0.05, 0.1) is 5.88 Å². The topological polar surface area (TPSA) is 62.3 Å². The van der Waals surface area contributed by atoms with Crippen LogP contribution in [-0.4, -0.2) is 39.4 Å². The summed E-state index contributed by atoms with van der Waals surface area (Å²) < 4.78 is 0. The zero-order valence-corrected chi connectivity index (χ0v) is 14.0. The number of carbonyl (C=O) groups is 2. The van der Waals surface area contributed by atoms with E-state index in [1.54, 1.807) is 29.8 Å². The second-order valence-electron chi connectivity index (χ2n) is 4.85. The first-order valence-corrected chi connectivity index (χ1v) is 8.78. The lowest BCUT2D eigenvalue weighted by atomic mass is 10.2. The molecule has 1 aromatic rings. The Kier molecular flexibility index (Phi) is 5.41. The SMILES string of the molecule is CC/C=C(\C)C(=O)N1CSC[C@@H]1C(=O)Nc1ncc(C)s1. The minimum absolute atomic E-state index is 0.0580. The highest BCUT2D eigenvalue weighted by atomic mass is 32.2. The Bertz CT molecular complexity index is 568. The fourth-order valence-corrected chi connectivity index (χ4v) is 3.90. The molecule has 1 atom stereocenters. The van der Waals surface area contributed by atoms with E-state index in [1.165, 1.54) is 11.3 Å². The van der Waals surface area contributed by atoms with Crippen LogP contribution in [0, 0.1) is 6.92 Å². The van der Waals surface area contributed by atoms with Gasteiger partial charge >= 0.3 is 0 Å². The number of aromatic nitrogens is 1. The molecule has 2 amide bonds. The second kappa shape index (κ2) is 7.09. The summed E-state index contributed by atoms with van der Waals surface area (Å²) in [6.45, 7) is 5.73. The van der Waals surface area contributed by atoms with Gasteiger partial charge in [-0.3, -0.25) is 9.59 Å². The van der Waals surface area contributed by atoms with Crippen molar-refractivity contribution in [3.63, 3.8) is 0 Å². The van der Waals surface area contributed by atoms with Gasteiger partial charge in [-0.1, -0.05) is 13.0 Å². The molecule has 1 N–H and O–H groups in total. The van der Waals surface area contributed by atoms with Gasteiger partial charge in [-0.15, -0.1) is 23.1 Å². The van der Waals surface area contributed by atoms with Gasteiger partial charge < -0.3 is 10.2 Å². The molecule has 0 aliphatic carbocycles. The second-order valence-corrected chi connectivity index (χ2v) is 7.09. The molecule has 1 aliphatic heterocycles. The zero-order chi connectivity index (χ0) is 15.4. The van der Waals surface area contributed by atoms with Crippen molar-refractivity contribution in [2.24, 2.45) is 0 Å². The van der Waals surface area contributed by atoms with Gasteiger partial charge in [-0.05, 0) is 20.3 Å². The van der Waals surface area contributed by atoms with Crippen LogP contribution in [0.1, 0.15) is 25.1 Å². The number of hydrogen-bond acceptors (Lipinski definition) is 5. The summed E-state index contributed by atoms with van der Waals surface area (Å²) in [7, 11) is 0. The van der Waals surface area contributed by atoms with Crippen molar-refractivity contribution in [3.05, 3.63) is 22.7 Å². The van der Waals surface area contributed by atoms with Crippen LogP contribution in [0.15, 0.2) is 17.8 Å². The normalized spacial score (nSPS) is 18.9. The number of carbonyl (C=O) groups excluding carboxylic acids is 2. The lowest BCUT2D eigenvalue weighted by molar-refractivity contribution is -0.133. The molecule has 0 spiro atoms. The van der Waals surface area contributed by atoms with E-state index < -0.39 is 6.04 Å². The Balaban J connectivity index is 2.05. The van der Waals surface area contributed by atoms with Crippen molar-refractivity contribution < 1.29 is 9.59 Å². The van der Waals surface area contributed by atoms with Gasteiger partial charge in [0.1, 0.15) is 6.04 Å². The maximum atomic E-state index is 12.4. The van der Waals surface area contributed by atoms with Gasteiger partial charge in [0.25, 0.3) is 5.91 Å². The Labute approximate surface area is 132 Å². The van der Waals surface area contributed by atoms with Gasteiger partial charge in [-0.2, -0.15) is 0 Å². The lowest BCUT2D eigenvalue weighted by Crippen LogP contribution is -2.44. The van der Waals surface area contributed by atoms with Crippen molar-refractivity contribution >= 4 is 40.0 Å². The molecule has 114 valence electrons. The summed E-state index contributed by atoms with van der Waals surface area (Å²) in [5.74, 6) is 0.966.